The van der Waals surface area contributed by atoms with E-state index in [9.17, 15) is 4.79 Å². The van der Waals surface area contributed by atoms with Crippen LogP contribution in [0.1, 0.15) is 39.7 Å². The third-order valence-corrected chi connectivity index (χ3v) is 3.98. The number of oxime groups is 1. The molecule has 5 nitrogen and oxygen atoms in total. The van der Waals surface area contributed by atoms with Gasteiger partial charge in [-0.05, 0) is 23.5 Å². The minimum atomic E-state index is -0.00544. The van der Waals surface area contributed by atoms with Gasteiger partial charge in [-0.15, -0.1) is 0 Å². The van der Waals surface area contributed by atoms with E-state index in [4.69, 9.17) is 10.9 Å². The predicted octanol–water partition coefficient (Wildman–Crippen LogP) is 2.82. The van der Waals surface area contributed by atoms with Crippen LogP contribution in [0.4, 0.5) is 5.69 Å². The number of amidine groups is 1. The van der Waals surface area contributed by atoms with Crippen molar-refractivity contribution in [1.82, 2.24) is 0 Å². The van der Waals surface area contributed by atoms with Crippen LogP contribution in [0.5, 0.6) is 0 Å². The summed E-state index contributed by atoms with van der Waals surface area (Å²) >= 11 is 0. The first-order chi connectivity index (χ1) is 9.68. The molecule has 0 saturated carbocycles. The van der Waals surface area contributed by atoms with Gasteiger partial charge in [0.05, 0.1) is 5.69 Å². The third kappa shape index (κ3) is 4.21. The first-order valence-electron chi connectivity index (χ1n) is 7.02. The van der Waals surface area contributed by atoms with Crippen molar-refractivity contribution in [3.8, 4) is 0 Å². The molecule has 0 aliphatic heterocycles. The average Bonchev–Trinajstić information content (AvgIpc) is 2.44. The number of nitrogens with zero attached hydrogens (tertiary/aromatic N) is 2. The van der Waals surface area contributed by atoms with Crippen LogP contribution in [0.2, 0.25) is 0 Å². The Kier molecular flexibility index (Phi) is 5.35. The number of carbonyl (C=O) groups is 1. The SMILES string of the molecule is CC(CC(=O)N(C)c1ccccc1/C(N)=N/O)C(C)(C)C. The van der Waals surface area contributed by atoms with E-state index in [-0.39, 0.29) is 23.1 Å². The van der Waals surface area contributed by atoms with Gasteiger partial charge in [-0.1, -0.05) is 45.0 Å². The zero-order chi connectivity index (χ0) is 16.2. The lowest BCUT2D eigenvalue weighted by molar-refractivity contribution is -0.119. The quantitative estimate of drug-likeness (QED) is 0.387. The highest BCUT2D eigenvalue weighted by molar-refractivity contribution is 6.06. The number of anilines is 1. The maximum atomic E-state index is 12.4. The lowest BCUT2D eigenvalue weighted by Crippen LogP contribution is -2.32. The standard InChI is InChI=1S/C16H25N3O2/c1-11(16(2,3)4)10-14(20)19(5)13-9-7-6-8-12(13)15(17)18-21/h6-9,11,21H,10H2,1-5H3,(H2,17,18). The molecule has 116 valence electrons. The minimum absolute atomic E-state index is 0.00544. The molecule has 1 aromatic rings. The molecule has 1 amide bonds. The van der Waals surface area contributed by atoms with E-state index in [0.717, 1.165) is 0 Å². The topological polar surface area (TPSA) is 78.9 Å². The minimum Gasteiger partial charge on any atom is -0.409 e. The lowest BCUT2D eigenvalue weighted by atomic mass is 9.80. The van der Waals surface area contributed by atoms with Gasteiger partial charge in [0.1, 0.15) is 0 Å². The van der Waals surface area contributed by atoms with E-state index < -0.39 is 0 Å². The Morgan fingerprint density at radius 1 is 1.38 bits per heavy atom. The molecule has 0 heterocycles. The summed E-state index contributed by atoms with van der Waals surface area (Å²) in [6.07, 6.45) is 0.449. The van der Waals surface area contributed by atoms with Crippen molar-refractivity contribution < 1.29 is 10.0 Å². The Bertz CT molecular complexity index is 533. The first kappa shape index (κ1) is 17.0. The smallest absolute Gasteiger partial charge is 0.227 e. The van der Waals surface area contributed by atoms with Crippen LogP contribution in [-0.2, 0) is 4.79 Å². The highest BCUT2D eigenvalue weighted by Crippen LogP contribution is 2.29. The van der Waals surface area contributed by atoms with E-state index in [1.807, 2.05) is 6.07 Å². The van der Waals surface area contributed by atoms with Crippen LogP contribution in [0.3, 0.4) is 0 Å². The molecule has 0 fully saturated rings. The van der Waals surface area contributed by atoms with Crippen molar-refractivity contribution in [3.05, 3.63) is 29.8 Å². The van der Waals surface area contributed by atoms with Crippen molar-refractivity contribution in [3.63, 3.8) is 0 Å². The first-order valence-corrected chi connectivity index (χ1v) is 7.02. The van der Waals surface area contributed by atoms with Crippen LogP contribution in [0.25, 0.3) is 0 Å². The molecule has 0 radical (unpaired) electrons. The molecule has 0 spiro atoms. The van der Waals surface area contributed by atoms with E-state index >= 15 is 0 Å². The Morgan fingerprint density at radius 2 is 1.95 bits per heavy atom. The molecule has 0 aliphatic rings. The van der Waals surface area contributed by atoms with Crippen LogP contribution in [-0.4, -0.2) is 24.0 Å². The van der Waals surface area contributed by atoms with E-state index in [1.165, 1.54) is 0 Å². The van der Waals surface area contributed by atoms with E-state index in [2.05, 4.69) is 32.9 Å². The van der Waals surface area contributed by atoms with E-state index in [1.54, 1.807) is 30.1 Å². The molecule has 1 atom stereocenters. The second-order valence-corrected chi connectivity index (χ2v) is 6.43. The van der Waals surface area contributed by atoms with Gasteiger partial charge >= 0.3 is 0 Å². The maximum Gasteiger partial charge on any atom is 0.227 e. The second-order valence-electron chi connectivity index (χ2n) is 6.43. The van der Waals surface area contributed by atoms with Gasteiger partial charge in [0.2, 0.25) is 5.91 Å². The van der Waals surface area contributed by atoms with Gasteiger partial charge in [0, 0.05) is 19.0 Å². The van der Waals surface area contributed by atoms with Crippen molar-refractivity contribution >= 4 is 17.4 Å². The van der Waals surface area contributed by atoms with Gasteiger partial charge in [-0.3, -0.25) is 4.79 Å². The normalized spacial score (nSPS) is 13.9. The number of amides is 1. The molecular weight excluding hydrogens is 266 g/mol. The lowest BCUT2D eigenvalue weighted by Gasteiger charge is -2.29. The summed E-state index contributed by atoms with van der Waals surface area (Å²) in [5.41, 5.74) is 6.92. The number of carbonyl (C=O) groups excluding carboxylic acids is 1. The molecule has 21 heavy (non-hydrogen) atoms. The molecule has 0 bridgehead atoms. The van der Waals surface area contributed by atoms with Gasteiger partial charge < -0.3 is 15.8 Å². The highest BCUT2D eigenvalue weighted by Gasteiger charge is 2.25. The summed E-state index contributed by atoms with van der Waals surface area (Å²) in [5, 5.41) is 11.9. The summed E-state index contributed by atoms with van der Waals surface area (Å²) < 4.78 is 0. The van der Waals surface area contributed by atoms with Gasteiger partial charge in [-0.25, -0.2) is 0 Å². The van der Waals surface area contributed by atoms with Crippen molar-refractivity contribution in [2.24, 2.45) is 22.2 Å². The van der Waals surface area contributed by atoms with Crippen LogP contribution in [0.15, 0.2) is 29.4 Å². The number of para-hydroxylation sites is 1. The Labute approximate surface area is 126 Å². The second kappa shape index (κ2) is 6.61. The van der Waals surface area contributed by atoms with Gasteiger partial charge in [-0.2, -0.15) is 0 Å². The van der Waals surface area contributed by atoms with Gasteiger partial charge in [0.25, 0.3) is 0 Å². The van der Waals surface area contributed by atoms with Gasteiger partial charge in [0.15, 0.2) is 5.84 Å². The molecule has 0 aliphatic carbocycles. The Hall–Kier alpha value is -2.04. The molecule has 1 unspecified atom stereocenters. The van der Waals surface area contributed by atoms with Crippen LogP contribution < -0.4 is 10.6 Å². The summed E-state index contributed by atoms with van der Waals surface area (Å²) in [6, 6.07) is 7.11. The van der Waals surface area contributed by atoms with E-state index in [0.29, 0.717) is 17.7 Å². The fraction of sp³-hybridized carbons (Fsp3) is 0.500. The largest absolute Gasteiger partial charge is 0.409 e. The van der Waals surface area contributed by atoms with Crippen LogP contribution in [0, 0.1) is 11.3 Å². The van der Waals surface area contributed by atoms with Crippen molar-refractivity contribution in [1.29, 1.82) is 0 Å². The maximum absolute atomic E-state index is 12.4. The number of nitrogens with two attached hydrogens (primary N) is 1. The Balaban J connectivity index is 2.99. The number of rotatable bonds is 4. The zero-order valence-electron chi connectivity index (χ0n) is 13.4. The molecule has 3 N–H and O–H groups in total. The summed E-state index contributed by atoms with van der Waals surface area (Å²) in [5.74, 6) is 0.258. The summed E-state index contributed by atoms with van der Waals surface area (Å²) in [4.78, 5) is 14.0. The molecule has 5 heteroatoms. The Morgan fingerprint density at radius 3 is 2.48 bits per heavy atom. The fourth-order valence-electron chi connectivity index (χ4n) is 1.88. The number of hydrogen-bond donors (Lipinski definition) is 2. The fourth-order valence-corrected chi connectivity index (χ4v) is 1.88. The average molecular weight is 291 g/mol. The van der Waals surface area contributed by atoms with Crippen molar-refractivity contribution in [2.45, 2.75) is 34.1 Å². The molecular formula is C16H25N3O2. The molecule has 0 aromatic heterocycles. The highest BCUT2D eigenvalue weighted by atomic mass is 16.4. The predicted molar refractivity (Wildman–Crippen MR) is 85.6 cm³/mol. The van der Waals surface area contributed by atoms with Crippen LogP contribution >= 0.6 is 0 Å². The zero-order valence-corrected chi connectivity index (χ0v) is 13.4. The molecule has 1 rings (SSSR count). The summed E-state index contributed by atoms with van der Waals surface area (Å²) in [7, 11) is 1.71. The number of hydrogen-bond acceptors (Lipinski definition) is 3. The summed E-state index contributed by atoms with van der Waals surface area (Å²) in [6.45, 7) is 8.43. The third-order valence-electron chi connectivity index (χ3n) is 3.98. The van der Waals surface area contributed by atoms with Crippen molar-refractivity contribution in [2.75, 3.05) is 11.9 Å². The molecule has 1 aromatic carbocycles. The molecule has 0 saturated heterocycles. The monoisotopic (exact) mass is 291 g/mol. The number of benzene rings is 1.